The molecule has 0 spiro atoms. The molecule has 14 aromatic carbocycles. The van der Waals surface area contributed by atoms with E-state index in [1.54, 1.807) is 0 Å². The molecule has 1 heterocycles. The molecule has 1 aromatic heterocycles. The summed E-state index contributed by atoms with van der Waals surface area (Å²) in [7, 11) is 0. The zero-order valence-corrected chi connectivity index (χ0v) is 35.3. The van der Waals surface area contributed by atoms with Gasteiger partial charge in [0, 0.05) is 16.5 Å². The van der Waals surface area contributed by atoms with Gasteiger partial charge in [0.05, 0.1) is 11.0 Å². The monoisotopic (exact) mass is 819 g/mol. The third-order valence-corrected chi connectivity index (χ3v) is 14.6. The van der Waals surface area contributed by atoms with Crippen LogP contribution >= 0.6 is 0 Å². The Bertz CT molecular complexity index is 4390. The lowest BCUT2D eigenvalue weighted by Crippen LogP contribution is -1.93. The van der Waals surface area contributed by atoms with Crippen LogP contribution in [0.5, 0.6) is 0 Å². The summed E-state index contributed by atoms with van der Waals surface area (Å²) < 4.78 is 2.41. The van der Waals surface area contributed by atoms with Crippen molar-refractivity contribution >= 4 is 108 Å². The van der Waals surface area contributed by atoms with E-state index in [0.717, 1.165) is 0 Å². The molecule has 1 nitrogen and oxygen atoms in total. The number of nitrogens with zero attached hydrogens (tertiary/aromatic N) is 1. The van der Waals surface area contributed by atoms with E-state index in [0.29, 0.717) is 0 Å². The maximum absolute atomic E-state index is 2.53. The topological polar surface area (TPSA) is 4.93 Å². The van der Waals surface area contributed by atoms with Gasteiger partial charge >= 0.3 is 0 Å². The molecule has 0 radical (unpaired) electrons. The number of para-hydroxylation sites is 2. The number of fused-ring (bicyclic) bond motifs is 12. The molecule has 15 rings (SSSR count). The van der Waals surface area contributed by atoms with Gasteiger partial charge in [-0.1, -0.05) is 188 Å². The molecule has 0 aliphatic carbocycles. The molecule has 0 saturated carbocycles. The van der Waals surface area contributed by atoms with Crippen LogP contribution in [0.1, 0.15) is 0 Å². The van der Waals surface area contributed by atoms with Crippen molar-refractivity contribution in [1.29, 1.82) is 0 Å². The third kappa shape index (κ3) is 4.71. The zero-order valence-electron chi connectivity index (χ0n) is 35.3. The second-order valence-corrected chi connectivity index (χ2v) is 17.9. The molecule has 0 atom stereocenters. The highest BCUT2D eigenvalue weighted by molar-refractivity contribution is 6.45. The Morgan fingerprint density at radius 1 is 0.231 bits per heavy atom. The Kier molecular flexibility index (Phi) is 7.01. The SMILES string of the molecule is c1ccc(-c2c3cc4c5ccccc5c5cccc(c3c(-c3ccccc3)c3c6ccc(-c7ccc8cc(-n9c%10ccccc%10c%10ccccc%109)ccc8c7)c7cccc(c23)c76)c54)cc1. The van der Waals surface area contributed by atoms with E-state index in [1.165, 1.54) is 147 Å². The first-order chi connectivity index (χ1) is 32.3. The van der Waals surface area contributed by atoms with Crippen molar-refractivity contribution in [3.8, 4) is 39.1 Å². The molecule has 0 fully saturated rings. The Labute approximate surface area is 374 Å². The molecule has 298 valence electrons. The van der Waals surface area contributed by atoms with Gasteiger partial charge in [0.25, 0.3) is 0 Å². The predicted octanol–water partition coefficient (Wildman–Crippen LogP) is 17.9. The van der Waals surface area contributed by atoms with Gasteiger partial charge in [0.1, 0.15) is 0 Å². The van der Waals surface area contributed by atoms with E-state index in [4.69, 9.17) is 0 Å². The first-order valence-electron chi connectivity index (χ1n) is 22.7. The minimum absolute atomic E-state index is 1.17. The highest BCUT2D eigenvalue weighted by Crippen LogP contribution is 2.55. The fourth-order valence-corrected chi connectivity index (χ4v) is 12.0. The molecule has 0 amide bonds. The van der Waals surface area contributed by atoms with Crippen LogP contribution in [-0.4, -0.2) is 4.57 Å². The summed E-state index contributed by atoms with van der Waals surface area (Å²) in [4.78, 5) is 0. The Balaban J connectivity index is 1.02. The van der Waals surface area contributed by atoms with E-state index in [1.807, 2.05) is 0 Å². The van der Waals surface area contributed by atoms with Crippen LogP contribution in [0.3, 0.4) is 0 Å². The molecular formula is C64H37N. The van der Waals surface area contributed by atoms with Crippen molar-refractivity contribution in [3.63, 3.8) is 0 Å². The molecule has 0 aliphatic rings. The van der Waals surface area contributed by atoms with Crippen LogP contribution in [-0.2, 0) is 0 Å². The highest BCUT2D eigenvalue weighted by Gasteiger charge is 2.27. The highest BCUT2D eigenvalue weighted by atomic mass is 15.0. The van der Waals surface area contributed by atoms with E-state index in [9.17, 15) is 0 Å². The quantitative estimate of drug-likeness (QED) is 0.156. The van der Waals surface area contributed by atoms with Gasteiger partial charge in [-0.25, -0.2) is 0 Å². The summed E-state index contributed by atoms with van der Waals surface area (Å²) in [5.41, 5.74) is 11.2. The number of hydrogen-bond donors (Lipinski definition) is 0. The lowest BCUT2D eigenvalue weighted by atomic mass is 9.84. The third-order valence-electron chi connectivity index (χ3n) is 14.6. The second-order valence-electron chi connectivity index (χ2n) is 17.9. The normalized spacial score (nSPS) is 12.3. The largest absolute Gasteiger partial charge is 0.309 e. The first kappa shape index (κ1) is 35.0. The Morgan fingerprint density at radius 3 is 1.46 bits per heavy atom. The van der Waals surface area contributed by atoms with Gasteiger partial charge in [-0.15, -0.1) is 0 Å². The minimum Gasteiger partial charge on any atom is -0.309 e. The lowest BCUT2D eigenvalue weighted by molar-refractivity contribution is 1.19. The molecule has 0 aliphatic heterocycles. The maximum atomic E-state index is 2.53. The van der Waals surface area contributed by atoms with E-state index in [-0.39, 0.29) is 0 Å². The molecule has 0 saturated heterocycles. The van der Waals surface area contributed by atoms with E-state index >= 15 is 0 Å². The molecule has 65 heavy (non-hydrogen) atoms. The summed E-state index contributed by atoms with van der Waals surface area (Å²) in [5.74, 6) is 0. The van der Waals surface area contributed by atoms with Crippen LogP contribution in [0.25, 0.3) is 147 Å². The average molecular weight is 820 g/mol. The van der Waals surface area contributed by atoms with Gasteiger partial charge in [0.15, 0.2) is 0 Å². The predicted molar refractivity (Wildman–Crippen MR) is 280 cm³/mol. The van der Waals surface area contributed by atoms with Crippen LogP contribution in [0.4, 0.5) is 0 Å². The molecule has 0 unspecified atom stereocenters. The van der Waals surface area contributed by atoms with E-state index < -0.39 is 0 Å². The van der Waals surface area contributed by atoms with Gasteiger partial charge in [-0.3, -0.25) is 0 Å². The van der Waals surface area contributed by atoms with Crippen LogP contribution in [0.2, 0.25) is 0 Å². The number of benzene rings is 12. The van der Waals surface area contributed by atoms with Gasteiger partial charge in [-0.2, -0.15) is 0 Å². The molecule has 1 heteroatoms. The van der Waals surface area contributed by atoms with Crippen molar-refractivity contribution in [2.75, 3.05) is 0 Å². The lowest BCUT2D eigenvalue weighted by Gasteiger charge is -2.19. The van der Waals surface area contributed by atoms with Crippen molar-refractivity contribution in [3.05, 3.63) is 224 Å². The Morgan fingerprint density at radius 2 is 0.738 bits per heavy atom. The molecule has 15 aromatic rings. The number of hydrogen-bond acceptors (Lipinski definition) is 0. The first-order valence-corrected chi connectivity index (χ1v) is 22.7. The fourth-order valence-electron chi connectivity index (χ4n) is 12.0. The van der Waals surface area contributed by atoms with Crippen molar-refractivity contribution in [2.45, 2.75) is 0 Å². The standard InChI is InChI=1S/C64H37N/c1-3-15-38(16-4-1)58-55-37-54-46-20-8-7-19-45(46)50-24-14-25-51(61(50)54)62(55)59(39-17-5-2-6-18-39)64-53-34-33-44(49-23-13-26-52(60(49)53)63(58)64)42-30-29-41-36-43(32-31-40(41)35-42)65-56-27-11-9-21-47(56)48-22-10-12-28-57(48)65/h1-37H. The summed E-state index contributed by atoms with van der Waals surface area (Å²) >= 11 is 0. The minimum atomic E-state index is 1.17. The van der Waals surface area contributed by atoms with Crippen molar-refractivity contribution in [1.82, 2.24) is 4.57 Å². The molecular weight excluding hydrogens is 783 g/mol. The summed E-state index contributed by atoms with van der Waals surface area (Å²) in [6, 6.07) is 84.0. The van der Waals surface area contributed by atoms with Crippen molar-refractivity contribution < 1.29 is 0 Å². The zero-order chi connectivity index (χ0) is 42.3. The van der Waals surface area contributed by atoms with E-state index in [2.05, 4.69) is 229 Å². The summed E-state index contributed by atoms with van der Waals surface area (Å²) in [6.45, 7) is 0. The molecule has 0 bridgehead atoms. The average Bonchev–Trinajstić information content (AvgIpc) is 4.01. The number of aromatic nitrogens is 1. The van der Waals surface area contributed by atoms with Gasteiger partial charge in [0.2, 0.25) is 0 Å². The second kappa shape index (κ2) is 13.0. The van der Waals surface area contributed by atoms with Gasteiger partial charge in [-0.05, 0) is 156 Å². The summed E-state index contributed by atoms with van der Waals surface area (Å²) in [5, 5.41) is 23.4. The summed E-state index contributed by atoms with van der Waals surface area (Å²) in [6.07, 6.45) is 0. The van der Waals surface area contributed by atoms with Crippen molar-refractivity contribution in [2.24, 2.45) is 0 Å². The smallest absolute Gasteiger partial charge is 0.0541 e. The fraction of sp³-hybridized carbons (Fsp3) is 0. The maximum Gasteiger partial charge on any atom is 0.0541 e. The Hall–Kier alpha value is -8.52. The van der Waals surface area contributed by atoms with Crippen LogP contribution < -0.4 is 0 Å². The molecule has 0 N–H and O–H groups in total. The van der Waals surface area contributed by atoms with Crippen LogP contribution in [0.15, 0.2) is 224 Å². The van der Waals surface area contributed by atoms with Crippen LogP contribution in [0, 0.1) is 0 Å². The number of rotatable bonds is 4. The van der Waals surface area contributed by atoms with Gasteiger partial charge < -0.3 is 4.57 Å².